The number of fused-ring (bicyclic) bond motifs is 4. The summed E-state index contributed by atoms with van der Waals surface area (Å²) in [6, 6.07) is 34.8. The highest BCUT2D eigenvalue weighted by Gasteiger charge is 2.63. The van der Waals surface area contributed by atoms with E-state index in [1.807, 2.05) is 0 Å². The number of benzene rings is 4. The van der Waals surface area contributed by atoms with E-state index in [1.54, 1.807) is 22.3 Å². The van der Waals surface area contributed by atoms with Crippen LogP contribution in [0.15, 0.2) is 108 Å². The van der Waals surface area contributed by atoms with Gasteiger partial charge in [0.25, 0.3) is 0 Å². The van der Waals surface area contributed by atoms with Crippen molar-refractivity contribution in [1.29, 1.82) is 0 Å². The lowest BCUT2D eigenvalue weighted by Crippen LogP contribution is -2.43. The van der Waals surface area contributed by atoms with Crippen LogP contribution in [0.3, 0.4) is 0 Å². The third-order valence-corrected chi connectivity index (χ3v) is 10.7. The molecule has 1 radical (unpaired) electrons. The largest absolute Gasteiger partial charge is 0.0679 e. The first kappa shape index (κ1) is 30.0. The van der Waals surface area contributed by atoms with Gasteiger partial charge in [-0.3, -0.25) is 0 Å². The molecule has 0 N–H and O–H groups in total. The number of rotatable bonds is 4. The second kappa shape index (κ2) is 9.93. The smallest absolute Gasteiger partial charge is 0.0645 e. The highest BCUT2D eigenvalue weighted by molar-refractivity contribution is 6.00. The van der Waals surface area contributed by atoms with E-state index < -0.39 is 0 Å². The molecule has 0 saturated heterocycles. The quantitative estimate of drug-likeness (QED) is 0.196. The van der Waals surface area contributed by atoms with Crippen LogP contribution in [0.2, 0.25) is 0 Å². The lowest BCUT2D eigenvalue weighted by molar-refractivity contribution is 0.444. The van der Waals surface area contributed by atoms with Crippen molar-refractivity contribution in [3.63, 3.8) is 0 Å². The SMILES string of the molecule is CCC1C(c2c(C(C)(C)C)ccc3c2[CH]c2cc(C(C)(C)C)ccc2-3)=C2C(C(C)(C)C)=C1C2(c1ccccc1)c1ccccc1. The number of hydrogen-bond acceptors (Lipinski definition) is 0. The highest BCUT2D eigenvalue weighted by atomic mass is 14.6. The molecule has 4 aromatic carbocycles. The Morgan fingerprint density at radius 2 is 1.20 bits per heavy atom. The highest BCUT2D eigenvalue weighted by Crippen LogP contribution is 2.73. The minimum Gasteiger partial charge on any atom is -0.0645 e. The first-order valence-corrected chi connectivity index (χ1v) is 17.0. The van der Waals surface area contributed by atoms with E-state index in [9.17, 15) is 0 Å². The summed E-state index contributed by atoms with van der Waals surface area (Å²) in [4.78, 5) is 0. The molecule has 0 spiro atoms. The minimum atomic E-state index is -0.232. The fourth-order valence-corrected chi connectivity index (χ4v) is 8.77. The molecule has 229 valence electrons. The van der Waals surface area contributed by atoms with Gasteiger partial charge in [0.15, 0.2) is 0 Å². The molecule has 4 aliphatic carbocycles. The van der Waals surface area contributed by atoms with Crippen LogP contribution < -0.4 is 0 Å². The molecule has 4 aromatic rings. The maximum atomic E-state index is 2.52. The average Bonchev–Trinajstić information content (AvgIpc) is 3.62. The third kappa shape index (κ3) is 4.24. The first-order valence-electron chi connectivity index (χ1n) is 17.0. The minimum absolute atomic E-state index is 0.00288. The van der Waals surface area contributed by atoms with E-state index in [2.05, 4.69) is 167 Å². The lowest BCUT2D eigenvalue weighted by Gasteiger charge is -2.50. The van der Waals surface area contributed by atoms with Gasteiger partial charge in [-0.25, -0.2) is 0 Å². The zero-order valence-electron chi connectivity index (χ0n) is 29.0. The maximum Gasteiger partial charge on any atom is 0.0679 e. The molecular formula is C45H49. The zero-order valence-corrected chi connectivity index (χ0v) is 29.0. The molecule has 0 saturated carbocycles. The molecule has 0 aliphatic heterocycles. The zero-order chi connectivity index (χ0) is 32.1. The van der Waals surface area contributed by atoms with Crippen LogP contribution >= 0.6 is 0 Å². The van der Waals surface area contributed by atoms with Gasteiger partial charge in [0.05, 0.1) is 5.41 Å². The van der Waals surface area contributed by atoms with Gasteiger partial charge in [-0.15, -0.1) is 0 Å². The van der Waals surface area contributed by atoms with E-state index >= 15 is 0 Å². The van der Waals surface area contributed by atoms with E-state index in [-0.39, 0.29) is 21.7 Å². The third-order valence-electron chi connectivity index (χ3n) is 10.7. The predicted molar refractivity (Wildman–Crippen MR) is 193 cm³/mol. The second-order valence-electron chi connectivity index (χ2n) is 16.7. The van der Waals surface area contributed by atoms with Crippen LogP contribution in [0.5, 0.6) is 0 Å². The van der Waals surface area contributed by atoms with Crippen LogP contribution in [0.25, 0.3) is 16.7 Å². The molecule has 8 rings (SSSR count). The molecule has 0 heteroatoms. The van der Waals surface area contributed by atoms with Crippen LogP contribution in [-0.2, 0) is 16.2 Å². The Hall–Kier alpha value is -3.64. The summed E-state index contributed by atoms with van der Waals surface area (Å²) >= 11 is 0. The number of hydrogen-bond donors (Lipinski definition) is 0. The Kier molecular flexibility index (Phi) is 6.63. The lowest BCUT2D eigenvalue weighted by atomic mass is 9.51. The molecule has 45 heavy (non-hydrogen) atoms. The van der Waals surface area contributed by atoms with Gasteiger partial charge < -0.3 is 0 Å². The predicted octanol–water partition coefficient (Wildman–Crippen LogP) is 12.0. The van der Waals surface area contributed by atoms with Gasteiger partial charge in [-0.2, -0.15) is 0 Å². The summed E-state index contributed by atoms with van der Waals surface area (Å²) in [5.74, 6) is 0.365. The summed E-state index contributed by atoms with van der Waals surface area (Å²) in [6.07, 6.45) is 3.61. The fourth-order valence-electron chi connectivity index (χ4n) is 8.77. The topological polar surface area (TPSA) is 0 Å². The van der Waals surface area contributed by atoms with Gasteiger partial charge in [-0.05, 0) is 95.0 Å². The van der Waals surface area contributed by atoms with Gasteiger partial charge in [0.1, 0.15) is 0 Å². The van der Waals surface area contributed by atoms with Crippen molar-refractivity contribution >= 4 is 5.57 Å². The van der Waals surface area contributed by atoms with Crippen molar-refractivity contribution in [2.45, 2.75) is 91.9 Å². The molecular weight excluding hydrogens is 540 g/mol. The molecule has 0 nitrogen and oxygen atoms in total. The van der Waals surface area contributed by atoms with Gasteiger partial charge in [-0.1, -0.05) is 160 Å². The van der Waals surface area contributed by atoms with Crippen LogP contribution in [0, 0.1) is 17.8 Å². The van der Waals surface area contributed by atoms with Crippen molar-refractivity contribution in [2.75, 3.05) is 0 Å². The van der Waals surface area contributed by atoms with Crippen molar-refractivity contribution in [2.24, 2.45) is 11.3 Å². The summed E-state index contributed by atoms with van der Waals surface area (Å²) in [6.45, 7) is 23.8. The van der Waals surface area contributed by atoms with Crippen LogP contribution in [-0.4, -0.2) is 0 Å². The molecule has 0 fully saturated rings. The second-order valence-corrected chi connectivity index (χ2v) is 16.7. The Balaban J connectivity index is 1.59. The fraction of sp³-hybridized carbons (Fsp3) is 0.356. The Bertz CT molecular complexity index is 1830. The normalized spacial score (nSPS) is 18.7. The summed E-state index contributed by atoms with van der Waals surface area (Å²) in [5, 5.41) is 0. The van der Waals surface area contributed by atoms with Crippen molar-refractivity contribution < 1.29 is 0 Å². The van der Waals surface area contributed by atoms with Crippen LogP contribution in [0.4, 0.5) is 0 Å². The summed E-state index contributed by atoms with van der Waals surface area (Å²) in [7, 11) is 0. The van der Waals surface area contributed by atoms with Gasteiger partial charge >= 0.3 is 0 Å². The molecule has 4 aliphatic rings. The Labute approximate surface area is 272 Å². The van der Waals surface area contributed by atoms with Gasteiger partial charge in [0.2, 0.25) is 0 Å². The maximum absolute atomic E-state index is 2.52. The first-order chi connectivity index (χ1) is 21.2. The van der Waals surface area contributed by atoms with Crippen molar-refractivity contribution in [3.05, 3.63) is 153 Å². The molecule has 0 heterocycles. The van der Waals surface area contributed by atoms with E-state index in [1.165, 1.54) is 50.1 Å². The summed E-state index contributed by atoms with van der Waals surface area (Å²) < 4.78 is 0. The van der Waals surface area contributed by atoms with E-state index in [4.69, 9.17) is 0 Å². The molecule has 2 bridgehead atoms. The van der Waals surface area contributed by atoms with Crippen LogP contribution in [0.1, 0.15) is 115 Å². The summed E-state index contributed by atoms with van der Waals surface area (Å²) in [5.41, 5.74) is 18.9. The molecule has 1 atom stereocenters. The van der Waals surface area contributed by atoms with E-state index in [0.717, 1.165) is 6.42 Å². The molecule has 0 amide bonds. The Morgan fingerprint density at radius 3 is 1.71 bits per heavy atom. The molecule has 1 unspecified atom stereocenters. The molecule has 0 aromatic heterocycles. The van der Waals surface area contributed by atoms with Gasteiger partial charge in [0, 0.05) is 12.3 Å². The van der Waals surface area contributed by atoms with Crippen molar-refractivity contribution in [1.82, 2.24) is 0 Å². The van der Waals surface area contributed by atoms with Crippen molar-refractivity contribution in [3.8, 4) is 11.1 Å². The Morgan fingerprint density at radius 1 is 0.622 bits per heavy atom. The average molecular weight is 590 g/mol. The monoisotopic (exact) mass is 589 g/mol. The standard InChI is InChI=1S/C45H49/c1-11-32-38(37-35-27-28-26-31(42(2,3)4)22-23-33(28)34(35)24-25-36(37)43(5,6)7)40-41(44(8,9)10)39(32)45(40,29-18-14-12-15-19-29)30-20-16-13-17-21-30/h12-27,32H,11H2,1-10H3. The van der Waals surface area contributed by atoms with E-state index in [0.29, 0.717) is 5.92 Å². The number of allylic oxidation sites excluding steroid dienone is 4.